The van der Waals surface area contributed by atoms with Gasteiger partial charge in [0.1, 0.15) is 0 Å². The summed E-state index contributed by atoms with van der Waals surface area (Å²) in [5.74, 6) is 0. The molecule has 1 heterocycles. The van der Waals surface area contributed by atoms with Crippen LogP contribution in [-0.4, -0.2) is 43.4 Å². The average molecular weight is 377 g/mol. The van der Waals surface area contributed by atoms with Gasteiger partial charge in [-0.1, -0.05) is 29.3 Å². The van der Waals surface area contributed by atoms with E-state index in [1.165, 1.54) is 5.56 Å². The van der Waals surface area contributed by atoms with Crippen molar-refractivity contribution in [2.75, 3.05) is 26.4 Å². The highest BCUT2D eigenvalue weighted by atomic mass is 35.5. The summed E-state index contributed by atoms with van der Waals surface area (Å²) >= 11 is 12.0. The van der Waals surface area contributed by atoms with Crippen LogP contribution in [-0.2, 0) is 6.54 Å². The molecule has 0 spiro atoms. The molecule has 134 valence electrons. The molecule has 2 fully saturated rings. The molecule has 1 aromatic rings. The maximum Gasteiger partial charge on any atom is 0.0976 e. The monoisotopic (exact) mass is 376 g/mol. The molecule has 0 amide bonds. The Labute approximate surface area is 152 Å². The predicted molar refractivity (Wildman–Crippen MR) is 95.3 cm³/mol. The lowest BCUT2D eigenvalue weighted by Crippen LogP contribution is -2.55. The van der Waals surface area contributed by atoms with Crippen LogP contribution in [0.5, 0.6) is 0 Å². The highest BCUT2D eigenvalue weighted by Crippen LogP contribution is 2.42. The van der Waals surface area contributed by atoms with Crippen LogP contribution >= 0.6 is 23.2 Å². The number of halogens is 4. The number of piperidine rings is 1. The zero-order valence-corrected chi connectivity index (χ0v) is 15.2. The van der Waals surface area contributed by atoms with Crippen molar-refractivity contribution in [3.8, 4) is 0 Å². The molecular weight excluding hydrogens is 353 g/mol. The summed E-state index contributed by atoms with van der Waals surface area (Å²) in [6.45, 7) is 1.83. The smallest absolute Gasteiger partial charge is 0.0976 e. The van der Waals surface area contributed by atoms with Gasteiger partial charge in [-0.3, -0.25) is 13.7 Å². The number of rotatable bonds is 6. The Hall–Kier alpha value is -0.420. The highest BCUT2D eigenvalue weighted by molar-refractivity contribution is 6.42. The number of hydrogen-bond acceptors (Lipinski definition) is 2. The molecule has 24 heavy (non-hydrogen) atoms. The van der Waals surface area contributed by atoms with Gasteiger partial charge in [-0.15, -0.1) is 0 Å². The zero-order valence-electron chi connectivity index (χ0n) is 13.7. The van der Waals surface area contributed by atoms with Crippen LogP contribution in [0, 0.1) is 5.41 Å². The molecule has 0 unspecified atom stereocenters. The Kier molecular flexibility index (Phi) is 6.02. The Morgan fingerprint density at radius 2 is 1.71 bits per heavy atom. The van der Waals surface area contributed by atoms with Crippen LogP contribution in [0.25, 0.3) is 0 Å². The third-order valence-corrected chi connectivity index (χ3v) is 6.11. The van der Waals surface area contributed by atoms with Gasteiger partial charge >= 0.3 is 0 Å². The van der Waals surface area contributed by atoms with Gasteiger partial charge in [0.25, 0.3) is 0 Å². The first-order valence-corrected chi connectivity index (χ1v) is 9.33. The van der Waals surface area contributed by atoms with Gasteiger partial charge in [-0.2, -0.15) is 0 Å². The van der Waals surface area contributed by atoms with Crippen molar-refractivity contribution in [2.45, 2.75) is 44.3 Å². The topological polar surface area (TPSA) is 15.3 Å². The molecule has 0 bridgehead atoms. The number of nitrogens with one attached hydrogen (secondary N) is 1. The van der Waals surface area contributed by atoms with Crippen molar-refractivity contribution in [3.05, 3.63) is 33.8 Å². The average Bonchev–Trinajstić information content (AvgIpc) is 2.56. The molecule has 1 N–H and O–H groups in total. The van der Waals surface area contributed by atoms with E-state index in [1.807, 2.05) is 18.2 Å². The molecule has 0 aromatic heterocycles. The fourth-order valence-corrected chi connectivity index (χ4v) is 4.17. The summed E-state index contributed by atoms with van der Waals surface area (Å²) in [6.07, 6.45) is 3.39. The third kappa shape index (κ3) is 4.21. The van der Waals surface area contributed by atoms with E-state index in [0.717, 1.165) is 32.5 Å². The quantitative estimate of drug-likeness (QED) is 0.777. The SMILES string of the molecule is FCC1(CF)CC(NC2CCN(Cc3ccc(Cl)c(Cl)c3)CC2)C1. The molecule has 1 saturated heterocycles. The molecule has 3 rings (SSSR count). The second-order valence-electron chi connectivity index (χ2n) is 7.34. The highest BCUT2D eigenvalue weighted by Gasteiger charge is 2.45. The van der Waals surface area contributed by atoms with Gasteiger partial charge in [0, 0.05) is 24.0 Å². The lowest BCUT2D eigenvalue weighted by molar-refractivity contribution is 0.0163. The van der Waals surface area contributed by atoms with Crippen LogP contribution in [0.15, 0.2) is 18.2 Å². The minimum Gasteiger partial charge on any atom is -0.311 e. The van der Waals surface area contributed by atoms with E-state index in [0.29, 0.717) is 28.9 Å². The molecule has 0 atom stereocenters. The van der Waals surface area contributed by atoms with Crippen molar-refractivity contribution >= 4 is 23.2 Å². The van der Waals surface area contributed by atoms with Gasteiger partial charge < -0.3 is 5.32 Å². The molecule has 6 heteroatoms. The largest absolute Gasteiger partial charge is 0.311 e. The number of benzene rings is 1. The van der Waals surface area contributed by atoms with E-state index in [4.69, 9.17) is 23.2 Å². The fraction of sp³-hybridized carbons (Fsp3) is 0.667. The summed E-state index contributed by atoms with van der Waals surface area (Å²) in [4.78, 5) is 2.41. The van der Waals surface area contributed by atoms with Crippen LogP contribution < -0.4 is 5.32 Å². The van der Waals surface area contributed by atoms with Gasteiger partial charge in [0.05, 0.1) is 23.4 Å². The molecule has 2 aliphatic rings. The zero-order chi connectivity index (χ0) is 17.2. The van der Waals surface area contributed by atoms with E-state index in [2.05, 4.69) is 10.2 Å². The first-order chi connectivity index (χ1) is 11.5. The first-order valence-electron chi connectivity index (χ1n) is 8.58. The van der Waals surface area contributed by atoms with E-state index >= 15 is 0 Å². The van der Waals surface area contributed by atoms with Crippen molar-refractivity contribution < 1.29 is 8.78 Å². The Morgan fingerprint density at radius 3 is 2.29 bits per heavy atom. The van der Waals surface area contributed by atoms with Crippen LogP contribution in [0.1, 0.15) is 31.2 Å². The summed E-state index contributed by atoms with van der Waals surface area (Å²) in [7, 11) is 0. The lowest BCUT2D eigenvalue weighted by Gasteiger charge is -2.46. The van der Waals surface area contributed by atoms with Gasteiger partial charge in [0.2, 0.25) is 0 Å². The van der Waals surface area contributed by atoms with Crippen LogP contribution in [0.2, 0.25) is 10.0 Å². The summed E-state index contributed by atoms with van der Waals surface area (Å²) in [5, 5.41) is 4.76. The number of nitrogens with zero attached hydrogens (tertiary/aromatic N) is 1. The summed E-state index contributed by atoms with van der Waals surface area (Å²) in [5.41, 5.74) is 0.483. The number of likely N-dealkylation sites (tertiary alicyclic amines) is 1. The third-order valence-electron chi connectivity index (χ3n) is 5.37. The predicted octanol–water partition coefficient (Wildman–Crippen LogP) is 4.64. The molecule has 1 aliphatic heterocycles. The Balaban J connectivity index is 1.41. The molecule has 1 saturated carbocycles. The Morgan fingerprint density at radius 1 is 1.04 bits per heavy atom. The lowest BCUT2D eigenvalue weighted by atomic mass is 9.67. The van der Waals surface area contributed by atoms with E-state index < -0.39 is 18.8 Å². The fourth-order valence-electron chi connectivity index (χ4n) is 3.84. The Bertz CT molecular complexity index is 550. The standard InChI is InChI=1S/C18H24Cl2F2N2/c19-16-2-1-13(7-17(16)20)10-24-5-3-14(4-6-24)23-15-8-18(9-15,11-21)12-22/h1-2,7,14-15,23H,3-6,8-12H2. The van der Waals surface area contributed by atoms with Gasteiger partial charge in [0.15, 0.2) is 0 Å². The van der Waals surface area contributed by atoms with Gasteiger partial charge in [-0.05, 0) is 56.5 Å². The van der Waals surface area contributed by atoms with E-state index in [-0.39, 0.29) is 6.04 Å². The molecule has 1 aliphatic carbocycles. The van der Waals surface area contributed by atoms with Gasteiger partial charge in [-0.25, -0.2) is 0 Å². The van der Waals surface area contributed by atoms with Crippen molar-refractivity contribution in [3.63, 3.8) is 0 Å². The number of hydrogen-bond donors (Lipinski definition) is 1. The van der Waals surface area contributed by atoms with Crippen LogP contribution in [0.4, 0.5) is 8.78 Å². The molecule has 0 radical (unpaired) electrons. The van der Waals surface area contributed by atoms with Crippen molar-refractivity contribution in [1.29, 1.82) is 0 Å². The second-order valence-corrected chi connectivity index (χ2v) is 8.15. The second kappa shape index (κ2) is 7.86. The minimum absolute atomic E-state index is 0.281. The van der Waals surface area contributed by atoms with E-state index in [1.54, 1.807) is 0 Å². The normalized spacial score (nSPS) is 22.5. The maximum atomic E-state index is 12.9. The van der Waals surface area contributed by atoms with Crippen molar-refractivity contribution in [1.82, 2.24) is 10.2 Å². The minimum atomic E-state index is -0.688. The summed E-state index contributed by atoms with van der Waals surface area (Å²) in [6, 6.07) is 6.52. The first kappa shape index (κ1) is 18.4. The van der Waals surface area contributed by atoms with Crippen molar-refractivity contribution in [2.24, 2.45) is 5.41 Å². The molecule has 1 aromatic carbocycles. The van der Waals surface area contributed by atoms with E-state index in [9.17, 15) is 8.78 Å². The van der Waals surface area contributed by atoms with Crippen LogP contribution in [0.3, 0.4) is 0 Å². The molecule has 2 nitrogen and oxygen atoms in total. The number of alkyl halides is 2. The molecular formula is C18H24Cl2F2N2. The summed E-state index contributed by atoms with van der Waals surface area (Å²) < 4.78 is 25.7. The maximum absolute atomic E-state index is 12.9.